The van der Waals surface area contributed by atoms with Crippen molar-refractivity contribution in [3.63, 3.8) is 0 Å². The highest BCUT2D eigenvalue weighted by Gasteiger charge is 2.41. The lowest BCUT2D eigenvalue weighted by Crippen LogP contribution is -2.74. The Bertz CT molecular complexity index is 4210. The largest absolute Gasteiger partial charge is 0.309 e. The predicted octanol–water partition coefficient (Wildman–Crippen LogP) is 14.8. The molecule has 0 bridgehead atoms. The monoisotopic (exact) mass is 968 g/mol. The lowest BCUT2D eigenvalue weighted by atomic mass is 9.85. The third-order valence-corrected chi connectivity index (χ3v) is 20.5. The highest BCUT2D eigenvalue weighted by molar-refractivity contribution is 7.19. The van der Waals surface area contributed by atoms with E-state index in [4.69, 9.17) is 0 Å². The minimum atomic E-state index is -2.85. The molecule has 0 aliphatic heterocycles. The number of nitriles is 1. The van der Waals surface area contributed by atoms with Gasteiger partial charge < -0.3 is 13.7 Å². The lowest BCUT2D eigenvalue weighted by Gasteiger charge is -2.34. The molecule has 5 heteroatoms. The molecule has 0 N–H and O–H groups in total. The zero-order valence-corrected chi connectivity index (χ0v) is 43.7. The van der Waals surface area contributed by atoms with E-state index in [2.05, 4.69) is 280 Å². The number of para-hydroxylation sites is 1. The quantitative estimate of drug-likeness (QED) is 0.116. The molecule has 3 heterocycles. The van der Waals surface area contributed by atoms with E-state index >= 15 is 0 Å². The molecule has 3 aromatic heterocycles. The van der Waals surface area contributed by atoms with Gasteiger partial charge in [0.15, 0.2) is 8.07 Å². The first-order valence-corrected chi connectivity index (χ1v) is 27.8. The van der Waals surface area contributed by atoms with Crippen LogP contribution in [0.3, 0.4) is 0 Å². The maximum Gasteiger partial charge on any atom is 0.179 e. The Kier molecular flexibility index (Phi) is 10.4. The highest BCUT2D eigenvalue weighted by atomic mass is 28.3. The van der Waals surface area contributed by atoms with Crippen LogP contribution in [0.5, 0.6) is 0 Å². The first-order valence-electron chi connectivity index (χ1n) is 25.8. The normalized spacial score (nSPS) is 12.4. The van der Waals surface area contributed by atoms with E-state index in [0.29, 0.717) is 5.56 Å². The topological polar surface area (TPSA) is 38.6 Å². The van der Waals surface area contributed by atoms with Crippen molar-refractivity contribution in [3.8, 4) is 23.1 Å². The molecule has 13 aromatic rings. The van der Waals surface area contributed by atoms with Crippen LogP contribution in [0, 0.1) is 11.3 Å². The predicted molar refractivity (Wildman–Crippen MR) is 315 cm³/mol. The number of benzene rings is 10. The van der Waals surface area contributed by atoms with Crippen LogP contribution in [0.15, 0.2) is 231 Å². The molecule has 13 rings (SSSR count). The van der Waals surface area contributed by atoms with Gasteiger partial charge in [0.2, 0.25) is 0 Å². The number of hydrogen-bond donors (Lipinski definition) is 0. The fraction of sp³-hybridized carbons (Fsp3) is 0.116. The van der Waals surface area contributed by atoms with Gasteiger partial charge in [0.25, 0.3) is 0 Å². The molecule has 0 unspecified atom stereocenters. The van der Waals surface area contributed by atoms with Crippen LogP contribution in [-0.2, 0) is 10.8 Å². The summed E-state index contributed by atoms with van der Waals surface area (Å²) in [6, 6.07) is 88.2. The number of rotatable bonds is 7. The second kappa shape index (κ2) is 17.0. The van der Waals surface area contributed by atoms with Gasteiger partial charge in [0.1, 0.15) is 0 Å². The standard InChI is InChI=1S/C69H56N4Si/c1-68(2,3)47-30-35-64-58(40-47)59-41-48(69(4,5)6)31-36-65(59)73(64)51-33-38-67-61(44-51)60-43-50(72-62-28-17-16-27-56(62)57-39-46(45-70)29-34-63(57)72)32-37-66(60)71(67)49-19-18-26-55(42-49)74(52-20-10-7-11-21-52,53-22-12-8-13-23-53)54-24-14-9-15-25-54/h7-44H,1-6H3. The van der Waals surface area contributed by atoms with Crippen LogP contribution in [0.1, 0.15) is 58.2 Å². The fourth-order valence-electron chi connectivity index (χ4n) is 12.1. The molecular weight excluding hydrogens is 913 g/mol. The van der Waals surface area contributed by atoms with E-state index in [0.717, 1.165) is 55.3 Å². The molecule has 10 aromatic carbocycles. The summed E-state index contributed by atoms with van der Waals surface area (Å²) in [7, 11) is -2.85. The zero-order chi connectivity index (χ0) is 50.5. The summed E-state index contributed by atoms with van der Waals surface area (Å²) < 4.78 is 7.34. The Labute approximate surface area is 433 Å². The zero-order valence-electron chi connectivity index (χ0n) is 42.7. The van der Waals surface area contributed by atoms with Crippen molar-refractivity contribution in [1.29, 1.82) is 5.26 Å². The van der Waals surface area contributed by atoms with Crippen LogP contribution in [-0.4, -0.2) is 21.8 Å². The van der Waals surface area contributed by atoms with Crippen LogP contribution >= 0.6 is 0 Å². The smallest absolute Gasteiger partial charge is 0.179 e. The molecule has 0 spiro atoms. The summed E-state index contributed by atoms with van der Waals surface area (Å²) in [5, 5.41) is 22.4. The van der Waals surface area contributed by atoms with Crippen LogP contribution in [0.4, 0.5) is 0 Å². The van der Waals surface area contributed by atoms with Gasteiger partial charge >= 0.3 is 0 Å². The molecule has 0 radical (unpaired) electrons. The number of nitrogens with zero attached hydrogens (tertiary/aromatic N) is 4. The van der Waals surface area contributed by atoms with Crippen LogP contribution < -0.4 is 20.7 Å². The van der Waals surface area contributed by atoms with Gasteiger partial charge in [-0.05, 0) is 140 Å². The van der Waals surface area contributed by atoms with Crippen molar-refractivity contribution in [1.82, 2.24) is 13.7 Å². The molecule has 356 valence electrons. The van der Waals surface area contributed by atoms with Crippen molar-refractivity contribution in [2.24, 2.45) is 0 Å². The molecule has 0 aliphatic rings. The van der Waals surface area contributed by atoms with E-state index in [1.165, 1.54) is 59.1 Å². The SMILES string of the molecule is CC(C)(C)c1ccc2c(c1)c1cc(C(C)(C)C)ccc1n2-c1ccc2c(c1)c1cc(-n3c4ccccc4c4cc(C#N)ccc43)ccc1n2-c1cccc([Si](c2ccccc2)(c2ccccc2)c2ccccc2)c1. The summed E-state index contributed by atoms with van der Waals surface area (Å²) in [5.41, 5.74) is 13.4. The molecule has 4 nitrogen and oxygen atoms in total. The summed E-state index contributed by atoms with van der Waals surface area (Å²) in [6.07, 6.45) is 0. The Balaban J connectivity index is 1.10. The molecule has 0 aliphatic carbocycles. The van der Waals surface area contributed by atoms with E-state index < -0.39 is 8.07 Å². The molecule has 0 amide bonds. The first-order chi connectivity index (χ1) is 35.9. The Morgan fingerprint density at radius 1 is 0.311 bits per heavy atom. The van der Waals surface area contributed by atoms with Crippen molar-refractivity contribution in [2.45, 2.75) is 52.4 Å². The molecule has 0 saturated heterocycles. The van der Waals surface area contributed by atoms with Gasteiger partial charge in [-0.1, -0.05) is 175 Å². The summed E-state index contributed by atoms with van der Waals surface area (Å²) in [4.78, 5) is 0. The fourth-order valence-corrected chi connectivity index (χ4v) is 16.8. The lowest BCUT2D eigenvalue weighted by molar-refractivity contribution is 0.590. The van der Waals surface area contributed by atoms with E-state index in [9.17, 15) is 5.26 Å². The Morgan fingerprint density at radius 2 is 0.676 bits per heavy atom. The van der Waals surface area contributed by atoms with Crippen LogP contribution in [0.2, 0.25) is 0 Å². The molecule has 0 saturated carbocycles. The summed E-state index contributed by atoms with van der Waals surface area (Å²) >= 11 is 0. The molecule has 0 fully saturated rings. The number of fused-ring (bicyclic) bond motifs is 9. The summed E-state index contributed by atoms with van der Waals surface area (Å²) in [6.45, 7) is 13.8. The minimum absolute atomic E-state index is 0.000180. The van der Waals surface area contributed by atoms with Crippen molar-refractivity contribution < 1.29 is 0 Å². The van der Waals surface area contributed by atoms with Crippen molar-refractivity contribution in [2.75, 3.05) is 0 Å². The summed E-state index contributed by atoms with van der Waals surface area (Å²) in [5.74, 6) is 0. The number of aromatic nitrogens is 3. The average molecular weight is 969 g/mol. The van der Waals surface area contributed by atoms with Gasteiger partial charge in [-0.3, -0.25) is 0 Å². The van der Waals surface area contributed by atoms with E-state index in [1.807, 2.05) is 12.1 Å². The second-order valence-corrected chi connectivity index (χ2v) is 25.9. The molecule has 0 atom stereocenters. The molecular formula is C69H56N4Si. The maximum absolute atomic E-state index is 9.98. The minimum Gasteiger partial charge on any atom is -0.309 e. The Hall–Kier alpha value is -8.69. The van der Waals surface area contributed by atoms with Gasteiger partial charge in [-0.2, -0.15) is 5.26 Å². The van der Waals surface area contributed by atoms with Gasteiger partial charge in [0.05, 0.1) is 44.7 Å². The van der Waals surface area contributed by atoms with Gasteiger partial charge in [-0.25, -0.2) is 0 Å². The highest BCUT2D eigenvalue weighted by Crippen LogP contribution is 2.41. The maximum atomic E-state index is 9.98. The second-order valence-electron chi connectivity index (χ2n) is 22.1. The molecule has 74 heavy (non-hydrogen) atoms. The third-order valence-electron chi connectivity index (χ3n) is 15.7. The van der Waals surface area contributed by atoms with Crippen LogP contribution in [0.25, 0.3) is 82.5 Å². The van der Waals surface area contributed by atoms with E-state index in [1.54, 1.807) is 0 Å². The average Bonchev–Trinajstić information content (AvgIpc) is 4.07. The third kappa shape index (κ3) is 7.01. The Morgan fingerprint density at radius 3 is 1.14 bits per heavy atom. The van der Waals surface area contributed by atoms with Gasteiger partial charge in [0, 0.05) is 49.4 Å². The van der Waals surface area contributed by atoms with E-state index in [-0.39, 0.29) is 10.8 Å². The van der Waals surface area contributed by atoms with Crippen molar-refractivity contribution in [3.05, 3.63) is 247 Å². The first kappa shape index (κ1) is 45.2. The van der Waals surface area contributed by atoms with Gasteiger partial charge in [-0.15, -0.1) is 0 Å². The van der Waals surface area contributed by atoms with Crippen molar-refractivity contribution >= 4 is 94.2 Å². The number of hydrogen-bond acceptors (Lipinski definition) is 1.